The van der Waals surface area contributed by atoms with Gasteiger partial charge in [0.1, 0.15) is 5.75 Å². The lowest BCUT2D eigenvalue weighted by Crippen LogP contribution is -2.41. The van der Waals surface area contributed by atoms with Crippen molar-refractivity contribution in [2.24, 2.45) is 5.41 Å². The fourth-order valence-corrected chi connectivity index (χ4v) is 5.26. The summed E-state index contributed by atoms with van der Waals surface area (Å²) in [6.07, 6.45) is 4.48. The molecule has 2 saturated heterocycles. The highest BCUT2D eigenvalue weighted by Crippen LogP contribution is 2.32. The molecular weight excluding hydrogens is 462 g/mol. The zero-order valence-corrected chi connectivity index (χ0v) is 23.7. The van der Waals surface area contributed by atoms with E-state index in [1.54, 1.807) is 0 Å². The van der Waals surface area contributed by atoms with Crippen LogP contribution in [0.3, 0.4) is 0 Å². The minimum Gasteiger partial charge on any atom is -0.494 e. The maximum absolute atomic E-state index is 6.19. The first kappa shape index (κ1) is 30.3. The van der Waals surface area contributed by atoms with Gasteiger partial charge in [-0.3, -0.25) is 4.90 Å². The first-order valence-electron chi connectivity index (χ1n) is 14.9. The van der Waals surface area contributed by atoms with Crippen LogP contribution in [0.1, 0.15) is 44.2 Å². The average Bonchev–Trinajstić information content (AvgIpc) is 2.86. The van der Waals surface area contributed by atoms with Gasteiger partial charge < -0.3 is 36.6 Å². The monoisotopic (exact) mass is 517 g/mol. The van der Waals surface area contributed by atoms with Gasteiger partial charge in [-0.25, -0.2) is 0 Å². The van der Waals surface area contributed by atoms with Crippen LogP contribution in [0.2, 0.25) is 0 Å². The molecule has 2 fully saturated rings. The van der Waals surface area contributed by atoms with Gasteiger partial charge in [0.25, 0.3) is 0 Å². The van der Waals surface area contributed by atoms with E-state index in [1.807, 2.05) is 0 Å². The summed E-state index contributed by atoms with van der Waals surface area (Å²) in [6, 6.07) is 7.03. The van der Waals surface area contributed by atoms with Gasteiger partial charge in [-0.1, -0.05) is 19.9 Å². The molecule has 0 saturated carbocycles. The van der Waals surface area contributed by atoms with E-state index in [2.05, 4.69) is 68.8 Å². The SMILES string of the molecule is CCCOc1cc(CN2CCNCCNCCNCC2)cc(CC2(C)CCNCCNCCNCC2)c1. The van der Waals surface area contributed by atoms with Gasteiger partial charge in [-0.15, -0.1) is 0 Å². The van der Waals surface area contributed by atoms with Crippen LogP contribution in [0.25, 0.3) is 0 Å². The Balaban J connectivity index is 1.70. The molecule has 0 aromatic heterocycles. The molecule has 6 N–H and O–H groups in total. The second-order valence-electron chi connectivity index (χ2n) is 11.1. The normalized spacial score (nSPS) is 22.1. The van der Waals surface area contributed by atoms with E-state index in [9.17, 15) is 0 Å². The minimum absolute atomic E-state index is 0.253. The van der Waals surface area contributed by atoms with Gasteiger partial charge in [0, 0.05) is 85.1 Å². The Morgan fingerprint density at radius 1 is 0.676 bits per heavy atom. The molecule has 37 heavy (non-hydrogen) atoms. The standard InChI is InChI=1S/C29H55N7O/c1-3-20-37-28-22-26(24-29(2)4-6-30-8-10-32-11-9-31-7-5-29)21-27(23-28)25-36-18-16-34-14-12-33-13-15-35-17-19-36/h21-23,30-35H,3-20,24-25H2,1-2H3. The third kappa shape index (κ3) is 12.9. The van der Waals surface area contributed by atoms with Crippen molar-refractivity contribution in [2.75, 3.05) is 98.2 Å². The van der Waals surface area contributed by atoms with Crippen molar-refractivity contribution in [3.8, 4) is 5.75 Å². The van der Waals surface area contributed by atoms with E-state index in [0.717, 1.165) is 123 Å². The summed E-state index contributed by atoms with van der Waals surface area (Å²) in [7, 11) is 0. The quantitative estimate of drug-likeness (QED) is 0.322. The number of ether oxygens (including phenoxy) is 1. The van der Waals surface area contributed by atoms with Crippen molar-refractivity contribution in [2.45, 2.75) is 46.1 Å². The van der Waals surface area contributed by atoms with E-state index in [0.29, 0.717) is 0 Å². The highest BCUT2D eigenvalue weighted by atomic mass is 16.5. The van der Waals surface area contributed by atoms with Crippen molar-refractivity contribution in [1.82, 2.24) is 36.8 Å². The molecule has 8 nitrogen and oxygen atoms in total. The Bertz CT molecular complexity index is 708. The number of benzene rings is 1. The number of nitrogens with one attached hydrogen (secondary N) is 6. The minimum atomic E-state index is 0.253. The number of rotatable bonds is 7. The van der Waals surface area contributed by atoms with Gasteiger partial charge in [0.05, 0.1) is 6.61 Å². The van der Waals surface area contributed by atoms with Crippen LogP contribution in [0, 0.1) is 5.41 Å². The molecule has 3 rings (SSSR count). The zero-order chi connectivity index (χ0) is 26.0. The lowest BCUT2D eigenvalue weighted by atomic mass is 9.77. The molecule has 212 valence electrons. The number of hydrogen-bond donors (Lipinski definition) is 6. The van der Waals surface area contributed by atoms with Gasteiger partial charge in [-0.05, 0) is 67.4 Å². The summed E-state index contributed by atoms with van der Waals surface area (Å²) in [5.41, 5.74) is 3.04. The molecule has 1 aromatic carbocycles. The maximum Gasteiger partial charge on any atom is 0.119 e. The van der Waals surface area contributed by atoms with E-state index in [-0.39, 0.29) is 5.41 Å². The Morgan fingerprint density at radius 2 is 1.16 bits per heavy atom. The highest BCUT2D eigenvalue weighted by molar-refractivity contribution is 5.35. The fraction of sp³-hybridized carbons (Fsp3) is 0.793. The van der Waals surface area contributed by atoms with Crippen LogP contribution in [0.15, 0.2) is 18.2 Å². The lowest BCUT2D eigenvalue weighted by molar-refractivity contribution is 0.256. The summed E-state index contributed by atoms with van der Waals surface area (Å²) in [5.74, 6) is 1.03. The van der Waals surface area contributed by atoms with Crippen molar-refractivity contribution in [1.29, 1.82) is 0 Å². The van der Waals surface area contributed by atoms with Crippen LogP contribution in [-0.2, 0) is 13.0 Å². The van der Waals surface area contributed by atoms with Crippen molar-refractivity contribution >= 4 is 0 Å². The van der Waals surface area contributed by atoms with E-state index in [4.69, 9.17) is 4.74 Å². The molecule has 2 aliphatic heterocycles. The fourth-order valence-electron chi connectivity index (χ4n) is 5.26. The van der Waals surface area contributed by atoms with E-state index in [1.165, 1.54) is 24.0 Å². The predicted octanol–water partition coefficient (Wildman–Crippen LogP) is 1.17. The second kappa shape index (κ2) is 18.1. The van der Waals surface area contributed by atoms with Gasteiger partial charge in [-0.2, -0.15) is 0 Å². The Hall–Kier alpha value is -1.26. The highest BCUT2D eigenvalue weighted by Gasteiger charge is 2.25. The summed E-state index contributed by atoms with van der Waals surface area (Å²) in [5, 5.41) is 21.5. The van der Waals surface area contributed by atoms with Gasteiger partial charge in [0.2, 0.25) is 0 Å². The van der Waals surface area contributed by atoms with E-state index < -0.39 is 0 Å². The molecule has 0 amide bonds. The molecule has 0 bridgehead atoms. The van der Waals surface area contributed by atoms with Crippen LogP contribution in [-0.4, -0.2) is 103 Å². The third-order valence-corrected chi connectivity index (χ3v) is 7.47. The number of nitrogens with zero attached hydrogens (tertiary/aromatic N) is 1. The van der Waals surface area contributed by atoms with E-state index >= 15 is 0 Å². The summed E-state index contributed by atoms with van der Waals surface area (Å²) in [6.45, 7) is 20.9. The second-order valence-corrected chi connectivity index (χ2v) is 11.1. The predicted molar refractivity (Wildman–Crippen MR) is 156 cm³/mol. The lowest BCUT2D eigenvalue weighted by Gasteiger charge is -2.31. The summed E-state index contributed by atoms with van der Waals surface area (Å²) in [4.78, 5) is 2.58. The first-order valence-corrected chi connectivity index (χ1v) is 14.9. The Kier molecular flexibility index (Phi) is 14.8. The average molecular weight is 518 g/mol. The maximum atomic E-state index is 6.19. The van der Waals surface area contributed by atoms with Gasteiger partial charge in [0.15, 0.2) is 0 Å². The first-order chi connectivity index (χ1) is 18.2. The van der Waals surface area contributed by atoms with Crippen LogP contribution >= 0.6 is 0 Å². The Labute approximate surface area is 226 Å². The zero-order valence-electron chi connectivity index (χ0n) is 23.7. The van der Waals surface area contributed by atoms with Crippen molar-refractivity contribution in [3.63, 3.8) is 0 Å². The molecule has 0 atom stereocenters. The molecule has 0 aliphatic carbocycles. The molecule has 8 heteroatoms. The molecular formula is C29H55N7O. The molecule has 2 aliphatic rings. The smallest absolute Gasteiger partial charge is 0.119 e. The summed E-state index contributed by atoms with van der Waals surface area (Å²) >= 11 is 0. The number of hydrogen-bond acceptors (Lipinski definition) is 8. The van der Waals surface area contributed by atoms with Crippen LogP contribution in [0.4, 0.5) is 0 Å². The molecule has 1 aromatic rings. The molecule has 0 radical (unpaired) electrons. The summed E-state index contributed by atoms with van der Waals surface area (Å²) < 4.78 is 6.19. The van der Waals surface area contributed by atoms with Crippen molar-refractivity contribution in [3.05, 3.63) is 29.3 Å². The molecule has 0 unspecified atom stereocenters. The third-order valence-electron chi connectivity index (χ3n) is 7.47. The van der Waals surface area contributed by atoms with Crippen molar-refractivity contribution < 1.29 is 4.74 Å². The Morgan fingerprint density at radius 3 is 1.70 bits per heavy atom. The van der Waals surface area contributed by atoms with Crippen LogP contribution in [0.5, 0.6) is 5.75 Å². The molecule has 2 heterocycles. The topological polar surface area (TPSA) is 84.7 Å². The van der Waals surface area contributed by atoms with Crippen LogP contribution < -0.4 is 36.6 Å². The van der Waals surface area contributed by atoms with Gasteiger partial charge >= 0.3 is 0 Å². The largest absolute Gasteiger partial charge is 0.494 e. The molecule has 0 spiro atoms.